The molecule has 1 aliphatic heterocycles. The maximum Gasteiger partial charge on any atom is 0.0682 e. The van der Waals surface area contributed by atoms with Gasteiger partial charge in [-0.15, -0.1) is 0 Å². The number of aliphatic hydroxyl groups excluding tert-OH is 1. The lowest BCUT2D eigenvalue weighted by Gasteiger charge is -2.32. The number of allylic oxidation sites excluding steroid dienone is 1. The molecule has 2 heteroatoms. The van der Waals surface area contributed by atoms with Crippen LogP contribution in [0.3, 0.4) is 0 Å². The topological polar surface area (TPSA) is 29.5 Å². The van der Waals surface area contributed by atoms with Gasteiger partial charge in [0.2, 0.25) is 0 Å². The molecule has 1 saturated heterocycles. The minimum Gasteiger partial charge on any atom is -0.392 e. The highest BCUT2D eigenvalue weighted by molar-refractivity contribution is 5.38. The molecular weight excluding hydrogens is 260 g/mol. The Morgan fingerprint density at radius 3 is 2.62 bits per heavy atom. The van der Waals surface area contributed by atoms with Gasteiger partial charge >= 0.3 is 0 Å². The Bertz CT molecular complexity index is 572. The highest BCUT2D eigenvalue weighted by atomic mass is 16.5. The van der Waals surface area contributed by atoms with Crippen molar-refractivity contribution in [2.24, 2.45) is 11.8 Å². The molecule has 0 aromatic heterocycles. The van der Waals surface area contributed by atoms with E-state index in [1.165, 1.54) is 16.7 Å². The summed E-state index contributed by atoms with van der Waals surface area (Å²) >= 11 is 0. The van der Waals surface area contributed by atoms with Crippen LogP contribution in [0.15, 0.2) is 53.6 Å². The van der Waals surface area contributed by atoms with Crippen molar-refractivity contribution < 1.29 is 9.84 Å². The van der Waals surface area contributed by atoms with Crippen LogP contribution in [0.2, 0.25) is 0 Å². The van der Waals surface area contributed by atoms with Crippen LogP contribution >= 0.6 is 0 Å². The van der Waals surface area contributed by atoms with Crippen molar-refractivity contribution in [2.45, 2.75) is 31.3 Å². The van der Waals surface area contributed by atoms with Crippen LogP contribution < -0.4 is 0 Å². The van der Waals surface area contributed by atoms with Crippen molar-refractivity contribution >= 4 is 0 Å². The van der Waals surface area contributed by atoms with E-state index in [4.69, 9.17) is 4.74 Å². The number of hydrogen-bond acceptors (Lipinski definition) is 2. The van der Waals surface area contributed by atoms with E-state index in [0.717, 1.165) is 32.5 Å². The van der Waals surface area contributed by atoms with Crippen LogP contribution in [0.25, 0.3) is 0 Å². The fourth-order valence-electron chi connectivity index (χ4n) is 4.29. The van der Waals surface area contributed by atoms with Crippen LogP contribution in [-0.2, 0) is 4.74 Å². The van der Waals surface area contributed by atoms with E-state index in [9.17, 15) is 5.11 Å². The zero-order valence-electron chi connectivity index (χ0n) is 12.2. The molecule has 0 amide bonds. The summed E-state index contributed by atoms with van der Waals surface area (Å²) in [5, 5.41) is 10.3. The van der Waals surface area contributed by atoms with Crippen LogP contribution in [0.1, 0.15) is 30.7 Å². The van der Waals surface area contributed by atoms with Crippen LogP contribution in [0.4, 0.5) is 0 Å². The standard InChI is InChI=1S/C19H22O2/c20-19-9-8-15-17(19)7-6-14(13-4-2-1-3-5-13)16-10-11-21-12-18(15)16/h1-7,14,16-17,19-20H,8-12H2/t14-,16+,17-,19+/m0/s1. The second-order valence-corrected chi connectivity index (χ2v) is 6.45. The summed E-state index contributed by atoms with van der Waals surface area (Å²) in [6.07, 6.45) is 7.42. The summed E-state index contributed by atoms with van der Waals surface area (Å²) in [7, 11) is 0. The Morgan fingerprint density at radius 2 is 1.76 bits per heavy atom. The van der Waals surface area contributed by atoms with Gasteiger partial charge in [0.1, 0.15) is 0 Å². The lowest BCUT2D eigenvalue weighted by Crippen LogP contribution is -2.25. The highest BCUT2D eigenvalue weighted by Crippen LogP contribution is 2.46. The van der Waals surface area contributed by atoms with Crippen LogP contribution in [0.5, 0.6) is 0 Å². The lowest BCUT2D eigenvalue weighted by atomic mass is 9.77. The monoisotopic (exact) mass is 282 g/mol. The van der Waals surface area contributed by atoms with Crippen molar-refractivity contribution in [3.63, 3.8) is 0 Å². The van der Waals surface area contributed by atoms with E-state index in [-0.39, 0.29) is 12.0 Å². The van der Waals surface area contributed by atoms with Crippen LogP contribution in [-0.4, -0.2) is 24.4 Å². The van der Waals surface area contributed by atoms with E-state index in [1.807, 2.05) is 0 Å². The van der Waals surface area contributed by atoms with Gasteiger partial charge in [-0.25, -0.2) is 0 Å². The molecule has 0 unspecified atom stereocenters. The van der Waals surface area contributed by atoms with Gasteiger partial charge in [0.05, 0.1) is 12.7 Å². The van der Waals surface area contributed by atoms with E-state index < -0.39 is 0 Å². The molecule has 0 spiro atoms. The summed E-state index contributed by atoms with van der Waals surface area (Å²) in [6.45, 7) is 1.61. The first kappa shape index (κ1) is 13.3. The molecular formula is C19H22O2. The average Bonchev–Trinajstić information content (AvgIpc) is 2.81. The Morgan fingerprint density at radius 1 is 0.952 bits per heavy atom. The molecule has 4 rings (SSSR count). The molecule has 1 heterocycles. The van der Waals surface area contributed by atoms with Crippen molar-refractivity contribution in [1.82, 2.24) is 0 Å². The molecule has 1 aromatic rings. The Hall–Kier alpha value is -1.38. The van der Waals surface area contributed by atoms with Crippen molar-refractivity contribution in [1.29, 1.82) is 0 Å². The van der Waals surface area contributed by atoms with E-state index in [2.05, 4.69) is 42.5 Å². The molecule has 110 valence electrons. The van der Waals surface area contributed by atoms with E-state index in [0.29, 0.717) is 11.8 Å². The number of ether oxygens (including phenoxy) is 1. The van der Waals surface area contributed by atoms with Gasteiger partial charge in [0, 0.05) is 18.4 Å². The van der Waals surface area contributed by atoms with Gasteiger partial charge in [-0.3, -0.25) is 0 Å². The predicted molar refractivity (Wildman–Crippen MR) is 83.0 cm³/mol. The number of rotatable bonds is 1. The third-order valence-electron chi connectivity index (χ3n) is 5.36. The summed E-state index contributed by atoms with van der Waals surface area (Å²) < 4.78 is 5.75. The SMILES string of the molecule is O[C@@H]1CCC2=C3COCC[C@@H]3[C@H](c3ccccc3)C=C[C@@H]21. The molecule has 2 fully saturated rings. The molecule has 4 atom stereocenters. The van der Waals surface area contributed by atoms with E-state index >= 15 is 0 Å². The molecule has 1 N–H and O–H groups in total. The zero-order chi connectivity index (χ0) is 14.2. The molecule has 1 aromatic carbocycles. The Labute approximate surface area is 126 Å². The fraction of sp³-hybridized carbons (Fsp3) is 0.474. The molecule has 0 bridgehead atoms. The third-order valence-corrected chi connectivity index (χ3v) is 5.36. The fourth-order valence-corrected chi connectivity index (χ4v) is 4.29. The quantitative estimate of drug-likeness (QED) is 0.800. The highest BCUT2D eigenvalue weighted by Gasteiger charge is 2.38. The van der Waals surface area contributed by atoms with Gasteiger partial charge in [-0.1, -0.05) is 48.1 Å². The predicted octanol–water partition coefficient (Wildman–Crippen LogP) is 3.44. The number of benzene rings is 1. The zero-order valence-corrected chi connectivity index (χ0v) is 12.2. The van der Waals surface area contributed by atoms with E-state index in [1.54, 1.807) is 0 Å². The number of aliphatic hydroxyl groups is 1. The minimum atomic E-state index is -0.208. The third kappa shape index (κ3) is 2.27. The van der Waals surface area contributed by atoms with Crippen molar-refractivity contribution in [3.05, 3.63) is 59.2 Å². The first-order valence-corrected chi connectivity index (χ1v) is 8.05. The molecule has 0 radical (unpaired) electrons. The number of fused-ring (bicyclic) bond motifs is 2. The Kier molecular flexibility index (Phi) is 3.44. The van der Waals surface area contributed by atoms with Crippen molar-refractivity contribution in [2.75, 3.05) is 13.2 Å². The normalized spacial score (nSPS) is 35.3. The summed E-state index contributed by atoms with van der Waals surface area (Å²) in [5.74, 6) is 1.19. The van der Waals surface area contributed by atoms with Crippen LogP contribution in [0, 0.1) is 11.8 Å². The molecule has 21 heavy (non-hydrogen) atoms. The smallest absolute Gasteiger partial charge is 0.0682 e. The largest absolute Gasteiger partial charge is 0.392 e. The first-order chi connectivity index (χ1) is 10.3. The minimum absolute atomic E-state index is 0.208. The lowest BCUT2D eigenvalue weighted by molar-refractivity contribution is 0.102. The molecule has 2 aliphatic carbocycles. The van der Waals surface area contributed by atoms with Gasteiger partial charge in [-0.05, 0) is 36.3 Å². The summed E-state index contributed by atoms with van der Waals surface area (Å²) in [4.78, 5) is 0. The second kappa shape index (κ2) is 5.43. The maximum atomic E-state index is 10.3. The average molecular weight is 282 g/mol. The summed E-state index contributed by atoms with van der Waals surface area (Å²) in [5.41, 5.74) is 4.32. The molecule has 3 aliphatic rings. The number of hydrogen-bond donors (Lipinski definition) is 1. The molecule has 1 saturated carbocycles. The first-order valence-electron chi connectivity index (χ1n) is 8.05. The summed E-state index contributed by atoms with van der Waals surface area (Å²) in [6, 6.07) is 10.8. The maximum absolute atomic E-state index is 10.3. The second-order valence-electron chi connectivity index (χ2n) is 6.45. The van der Waals surface area contributed by atoms with Gasteiger partial charge in [0.25, 0.3) is 0 Å². The van der Waals surface area contributed by atoms with Crippen molar-refractivity contribution in [3.8, 4) is 0 Å². The molecule has 2 nitrogen and oxygen atoms in total. The van der Waals surface area contributed by atoms with Gasteiger partial charge in [-0.2, -0.15) is 0 Å². The Balaban J connectivity index is 1.79. The van der Waals surface area contributed by atoms with Gasteiger partial charge < -0.3 is 9.84 Å². The van der Waals surface area contributed by atoms with Gasteiger partial charge in [0.15, 0.2) is 0 Å².